The Bertz CT molecular complexity index is 2940. The zero-order chi connectivity index (χ0) is 38.9. The normalized spacial score (nSPS) is 12.2. The Balaban J connectivity index is 1.04. The Morgan fingerprint density at radius 3 is 1.64 bits per heavy atom. The van der Waals surface area contributed by atoms with E-state index in [-0.39, 0.29) is 27.4 Å². The van der Waals surface area contributed by atoms with Gasteiger partial charge in [0.15, 0.2) is 0 Å². The average molecular weight is 776 g/mol. The molecule has 6 aromatic carbocycles. The molecule has 1 aromatic heterocycles. The van der Waals surface area contributed by atoms with Gasteiger partial charge in [0.25, 0.3) is 20.2 Å². The van der Waals surface area contributed by atoms with Crippen molar-refractivity contribution in [1.82, 2.24) is 15.0 Å². The maximum absolute atomic E-state index is 12.0. The monoisotopic (exact) mass is 775 g/mol. The number of hydrogen-bond acceptors (Lipinski definition) is 14. The van der Waals surface area contributed by atoms with Crippen LogP contribution in [0.4, 0.5) is 46.0 Å². The van der Waals surface area contributed by atoms with Crippen molar-refractivity contribution in [2.75, 3.05) is 10.6 Å². The highest BCUT2D eigenvalue weighted by molar-refractivity contribution is 7.86. The molecule has 0 amide bonds. The molecule has 7 aromatic rings. The molecule has 0 aliphatic carbocycles. The third kappa shape index (κ3) is 8.42. The fourth-order valence-corrected chi connectivity index (χ4v) is 7.16. The molecule has 0 unspecified atom stereocenters. The molecule has 0 saturated heterocycles. The molecule has 0 bridgehead atoms. The summed E-state index contributed by atoms with van der Waals surface area (Å²) in [5, 5.41) is 35.4. The van der Waals surface area contributed by atoms with E-state index in [4.69, 9.17) is 0 Å². The highest BCUT2D eigenvalue weighted by Gasteiger charge is 2.16. The molecule has 18 heteroatoms. The molecule has 0 aliphatic rings. The lowest BCUT2D eigenvalue weighted by molar-refractivity contribution is 0.430. The molecule has 0 atom stereocenters. The Morgan fingerprint density at radius 1 is 0.527 bits per heavy atom. The number of aromatic hydroxyl groups is 1. The number of aryl methyl sites for hydroxylation is 2. The van der Waals surface area contributed by atoms with E-state index in [9.17, 15) is 31.0 Å². The van der Waals surface area contributed by atoms with Crippen molar-refractivity contribution >= 4 is 87.8 Å². The Hall–Kier alpha value is -6.73. The molecule has 0 radical (unpaired) electrons. The lowest BCUT2D eigenvalue weighted by Gasteiger charge is -2.10. The second-order valence-corrected chi connectivity index (χ2v) is 15.0. The van der Waals surface area contributed by atoms with E-state index < -0.39 is 26.2 Å². The first-order valence-electron chi connectivity index (χ1n) is 16.2. The number of anilines is 4. The number of aromatic nitrogens is 3. The minimum Gasteiger partial charge on any atom is -0.479 e. The lowest BCUT2D eigenvalue weighted by atomic mass is 10.1. The number of nitrogens with one attached hydrogen (secondary N) is 2. The van der Waals surface area contributed by atoms with Crippen LogP contribution < -0.4 is 10.6 Å². The molecule has 0 fully saturated rings. The van der Waals surface area contributed by atoms with Crippen molar-refractivity contribution < 1.29 is 31.0 Å². The highest BCUT2D eigenvalue weighted by Crippen LogP contribution is 2.33. The number of benzene rings is 6. The quantitative estimate of drug-likeness (QED) is 0.0645. The fraction of sp³-hybridized carbons (Fsp3) is 0.0541. The van der Waals surface area contributed by atoms with Crippen molar-refractivity contribution in [1.29, 1.82) is 0 Å². The summed E-state index contributed by atoms with van der Waals surface area (Å²) in [5.41, 5.74) is 4.42. The van der Waals surface area contributed by atoms with Gasteiger partial charge < -0.3 is 15.7 Å². The van der Waals surface area contributed by atoms with Crippen molar-refractivity contribution in [3.63, 3.8) is 0 Å². The average Bonchev–Trinajstić information content (AvgIpc) is 3.12. The third-order valence-electron chi connectivity index (χ3n) is 8.26. The molecule has 55 heavy (non-hydrogen) atoms. The number of azo groups is 2. The topological polar surface area (TPSA) is 241 Å². The summed E-state index contributed by atoms with van der Waals surface area (Å²) in [6, 6.07) is 28.9. The van der Waals surface area contributed by atoms with E-state index in [0.717, 1.165) is 5.56 Å². The molecule has 1 heterocycles. The van der Waals surface area contributed by atoms with Crippen LogP contribution in [-0.2, 0) is 20.2 Å². The van der Waals surface area contributed by atoms with Gasteiger partial charge in [0.05, 0.1) is 22.7 Å². The Labute approximate surface area is 313 Å². The summed E-state index contributed by atoms with van der Waals surface area (Å²) < 4.78 is 66.7. The zero-order valence-electron chi connectivity index (χ0n) is 28.8. The van der Waals surface area contributed by atoms with Gasteiger partial charge in [0, 0.05) is 22.1 Å². The van der Waals surface area contributed by atoms with Gasteiger partial charge in [-0.3, -0.25) is 9.11 Å². The smallest absolute Gasteiger partial charge is 0.320 e. The van der Waals surface area contributed by atoms with E-state index in [1.807, 2.05) is 6.92 Å². The molecular weight excluding hydrogens is 747 g/mol. The number of nitrogens with zero attached hydrogens (tertiary/aromatic N) is 7. The fourth-order valence-electron chi connectivity index (χ4n) is 5.71. The predicted octanol–water partition coefficient (Wildman–Crippen LogP) is 9.31. The molecule has 16 nitrogen and oxygen atoms in total. The van der Waals surface area contributed by atoms with Gasteiger partial charge >= 0.3 is 6.01 Å². The van der Waals surface area contributed by atoms with Crippen LogP contribution in [0.25, 0.3) is 21.5 Å². The van der Waals surface area contributed by atoms with Crippen molar-refractivity contribution in [3.05, 3.63) is 120 Å². The highest BCUT2D eigenvalue weighted by atomic mass is 32.2. The Morgan fingerprint density at radius 2 is 1.05 bits per heavy atom. The van der Waals surface area contributed by atoms with Gasteiger partial charge in [0.1, 0.15) is 9.79 Å². The van der Waals surface area contributed by atoms with Crippen LogP contribution >= 0.6 is 0 Å². The predicted molar refractivity (Wildman–Crippen MR) is 206 cm³/mol. The molecule has 276 valence electrons. The van der Waals surface area contributed by atoms with Crippen LogP contribution in [0.15, 0.2) is 139 Å². The third-order valence-corrected chi connectivity index (χ3v) is 10.1. The van der Waals surface area contributed by atoms with Gasteiger partial charge in [-0.15, -0.1) is 0 Å². The van der Waals surface area contributed by atoms with E-state index in [1.165, 1.54) is 18.2 Å². The number of hydrogen-bond donors (Lipinski definition) is 5. The summed E-state index contributed by atoms with van der Waals surface area (Å²) in [4.78, 5) is 11.9. The summed E-state index contributed by atoms with van der Waals surface area (Å²) in [7, 11) is -8.88. The lowest BCUT2D eigenvalue weighted by Crippen LogP contribution is -2.03. The van der Waals surface area contributed by atoms with E-state index in [2.05, 4.69) is 46.0 Å². The number of fused-ring (bicyclic) bond motifs is 2. The van der Waals surface area contributed by atoms with Gasteiger partial charge in [0.2, 0.25) is 11.9 Å². The zero-order valence-corrected chi connectivity index (χ0v) is 30.4. The van der Waals surface area contributed by atoms with Crippen LogP contribution in [0.3, 0.4) is 0 Å². The summed E-state index contributed by atoms with van der Waals surface area (Å²) >= 11 is 0. The first-order chi connectivity index (χ1) is 26.2. The molecule has 5 N–H and O–H groups in total. The van der Waals surface area contributed by atoms with Crippen molar-refractivity contribution in [2.24, 2.45) is 20.5 Å². The summed E-state index contributed by atoms with van der Waals surface area (Å²) in [6.07, 6.45) is 0. The molecule has 0 aliphatic heterocycles. The number of rotatable bonds is 10. The van der Waals surface area contributed by atoms with E-state index in [1.54, 1.807) is 97.9 Å². The second-order valence-electron chi connectivity index (χ2n) is 12.2. The first-order valence-corrected chi connectivity index (χ1v) is 19.1. The van der Waals surface area contributed by atoms with Crippen LogP contribution in [-0.4, -0.2) is 46.0 Å². The van der Waals surface area contributed by atoms with Gasteiger partial charge in [-0.05, 0) is 102 Å². The standard InChI is InChI=1S/C37H29N9O7S2/c1-21-16-25(11-14-31(21)45-43-27-10-13-30-24(18-27)7-5-9-33(30)54(48,49)50)38-35-40-36(42-37(47)41-35)39-26-12-15-32(22(2)17-26)46-44-28-19-23-6-3-4-8-29(23)34(20-28)55(51,52)53/h3-20H,1-2H3,(H,48,49,50)(H,51,52,53)(H3,38,39,40,41,42,47). The maximum Gasteiger partial charge on any atom is 0.320 e. The van der Waals surface area contributed by atoms with Crippen LogP contribution in [0.2, 0.25) is 0 Å². The van der Waals surface area contributed by atoms with Gasteiger partial charge in [-0.2, -0.15) is 52.2 Å². The van der Waals surface area contributed by atoms with Crippen LogP contribution in [0, 0.1) is 13.8 Å². The van der Waals surface area contributed by atoms with E-state index in [0.29, 0.717) is 55.5 Å². The maximum atomic E-state index is 12.0. The van der Waals surface area contributed by atoms with Gasteiger partial charge in [-0.25, -0.2) is 0 Å². The molecule has 0 spiro atoms. The minimum absolute atomic E-state index is 0.0546. The largest absolute Gasteiger partial charge is 0.479 e. The van der Waals surface area contributed by atoms with Crippen molar-refractivity contribution in [3.8, 4) is 6.01 Å². The summed E-state index contributed by atoms with van der Waals surface area (Å²) in [5.74, 6) is 0.116. The molecule has 0 saturated carbocycles. The second kappa shape index (κ2) is 14.6. The minimum atomic E-state index is -4.50. The van der Waals surface area contributed by atoms with Gasteiger partial charge in [-0.1, -0.05) is 42.5 Å². The first kappa shape index (κ1) is 36.6. The molecular formula is C37H29N9O7S2. The van der Waals surface area contributed by atoms with E-state index >= 15 is 0 Å². The van der Waals surface area contributed by atoms with Crippen LogP contribution in [0.5, 0.6) is 6.01 Å². The van der Waals surface area contributed by atoms with Crippen molar-refractivity contribution in [2.45, 2.75) is 23.6 Å². The molecule has 7 rings (SSSR count). The summed E-state index contributed by atoms with van der Waals surface area (Å²) in [6.45, 7) is 3.64. The Kier molecular flexibility index (Phi) is 9.72. The van der Waals surface area contributed by atoms with Crippen LogP contribution in [0.1, 0.15) is 11.1 Å². The SMILES string of the molecule is Cc1cc(Nc2nc(O)nc(Nc3ccc(N=Nc4cc(S(=O)(=O)O)c5ccccc5c4)c(C)c3)n2)ccc1N=Nc1ccc2c(S(=O)(=O)O)cccc2c1.